The zero-order valence-electron chi connectivity index (χ0n) is 13.2. The molecule has 3 heteroatoms. The third-order valence-corrected chi connectivity index (χ3v) is 8.99. The Labute approximate surface area is 138 Å². The first-order chi connectivity index (χ1) is 10.1. The van der Waals surface area contributed by atoms with Crippen molar-refractivity contribution in [2.75, 3.05) is 0 Å². The molecule has 0 saturated heterocycles. The second-order valence-electron chi connectivity index (χ2n) is 5.06. The van der Waals surface area contributed by atoms with Crippen molar-refractivity contribution in [3.63, 3.8) is 0 Å². The van der Waals surface area contributed by atoms with Gasteiger partial charge in [0.2, 0.25) is 0 Å². The van der Waals surface area contributed by atoms with Gasteiger partial charge in [0, 0.05) is 0 Å². The molecule has 0 aromatic heterocycles. The molecule has 1 aliphatic carbocycles. The summed E-state index contributed by atoms with van der Waals surface area (Å²) >= 11 is 0.350. The van der Waals surface area contributed by atoms with Crippen molar-refractivity contribution in [3.05, 3.63) is 76.9 Å². The molecule has 0 bridgehead atoms. The Kier molecular flexibility index (Phi) is 9.08. The summed E-state index contributed by atoms with van der Waals surface area (Å²) in [5, 5.41) is 0. The van der Waals surface area contributed by atoms with Crippen molar-refractivity contribution in [3.8, 4) is 5.75 Å². The summed E-state index contributed by atoms with van der Waals surface area (Å²) in [4.78, 5) is 0. The predicted octanol–water partition coefficient (Wildman–Crippen LogP) is 5.05. The SMILES string of the molecule is C=CC=COc1ccccc1.CC1=[C]([Ti][SiH](C)C)CC=C1. The molecule has 1 aliphatic rings. The molecule has 0 atom stereocenters. The summed E-state index contributed by atoms with van der Waals surface area (Å²) in [5.41, 5.74) is 1.58. The fourth-order valence-corrected chi connectivity index (χ4v) is 8.05. The zero-order chi connectivity index (χ0) is 15.5. The standard InChI is InChI=1S/C10H10O.C6H7.C2H7Si.Ti/c1-2-3-9-11-10-7-5-4-6-8-10;1-6-4-2-3-5-6;1-3-2;/h2-9H,1H2;2,4H,3H2,1H3;3H,1-2H3;. The average molecular weight is 332 g/mol. The van der Waals surface area contributed by atoms with Crippen LogP contribution in [-0.4, -0.2) is 6.66 Å². The van der Waals surface area contributed by atoms with Crippen molar-refractivity contribution in [2.24, 2.45) is 0 Å². The van der Waals surface area contributed by atoms with Crippen molar-refractivity contribution >= 4 is 6.66 Å². The summed E-state index contributed by atoms with van der Waals surface area (Å²) in [5.74, 6) is 0.839. The Morgan fingerprint density at radius 1 is 1.24 bits per heavy atom. The van der Waals surface area contributed by atoms with Crippen LogP contribution in [0.4, 0.5) is 0 Å². The van der Waals surface area contributed by atoms with Crippen LogP contribution in [0.3, 0.4) is 0 Å². The van der Waals surface area contributed by atoms with Gasteiger partial charge in [-0.15, -0.1) is 0 Å². The first-order valence-corrected chi connectivity index (χ1v) is 13.6. The molecule has 0 unspecified atom stereocenters. The van der Waals surface area contributed by atoms with E-state index in [0.717, 1.165) is 5.75 Å². The minimum atomic E-state index is -0.235. The van der Waals surface area contributed by atoms with Gasteiger partial charge in [0.25, 0.3) is 0 Å². The zero-order valence-corrected chi connectivity index (χ0v) is 15.9. The number of allylic oxidation sites excluding steroid dienone is 6. The Morgan fingerprint density at radius 2 is 1.95 bits per heavy atom. The summed E-state index contributed by atoms with van der Waals surface area (Å²) in [6, 6.07) is 9.60. The second-order valence-corrected chi connectivity index (χ2v) is 15.4. The molecule has 110 valence electrons. The number of para-hydroxylation sites is 1. The van der Waals surface area contributed by atoms with Crippen molar-refractivity contribution < 1.29 is 23.1 Å². The van der Waals surface area contributed by atoms with Gasteiger partial charge in [0.15, 0.2) is 0 Å². The van der Waals surface area contributed by atoms with Crippen LogP contribution in [0.2, 0.25) is 13.1 Å². The van der Waals surface area contributed by atoms with Crippen LogP contribution in [0.25, 0.3) is 0 Å². The quantitative estimate of drug-likeness (QED) is 0.416. The van der Waals surface area contributed by atoms with Crippen LogP contribution in [0, 0.1) is 0 Å². The third kappa shape index (κ3) is 8.06. The van der Waals surface area contributed by atoms with E-state index in [1.807, 2.05) is 34.2 Å². The average Bonchev–Trinajstić information content (AvgIpc) is 2.86. The number of hydrogen-bond donors (Lipinski definition) is 0. The number of hydrogen-bond acceptors (Lipinski definition) is 1. The molecule has 1 aromatic carbocycles. The van der Waals surface area contributed by atoms with E-state index < -0.39 is 0 Å². The van der Waals surface area contributed by atoms with Gasteiger partial charge in [-0.05, 0) is 18.2 Å². The minimum absolute atomic E-state index is 0.235. The molecule has 0 spiro atoms. The van der Waals surface area contributed by atoms with Crippen LogP contribution >= 0.6 is 0 Å². The topological polar surface area (TPSA) is 9.23 Å². The van der Waals surface area contributed by atoms with Crippen LogP contribution in [0.15, 0.2) is 76.9 Å². The molecule has 0 heterocycles. The summed E-state index contributed by atoms with van der Waals surface area (Å²) in [6.07, 6.45) is 10.9. The van der Waals surface area contributed by atoms with Gasteiger partial charge < -0.3 is 4.74 Å². The van der Waals surface area contributed by atoms with E-state index in [0.29, 0.717) is 18.4 Å². The van der Waals surface area contributed by atoms with Crippen LogP contribution in [0.5, 0.6) is 5.75 Å². The van der Waals surface area contributed by atoms with Crippen molar-refractivity contribution in [1.29, 1.82) is 0 Å². The molecule has 0 saturated carbocycles. The van der Waals surface area contributed by atoms with E-state index in [9.17, 15) is 0 Å². The van der Waals surface area contributed by atoms with Gasteiger partial charge in [-0.2, -0.15) is 0 Å². The van der Waals surface area contributed by atoms with Gasteiger partial charge in [0.1, 0.15) is 5.75 Å². The molecule has 0 radical (unpaired) electrons. The first-order valence-electron chi connectivity index (χ1n) is 7.25. The monoisotopic (exact) mass is 332 g/mol. The summed E-state index contributed by atoms with van der Waals surface area (Å²) in [7, 11) is 0. The van der Waals surface area contributed by atoms with Crippen molar-refractivity contribution in [2.45, 2.75) is 26.4 Å². The molecule has 1 aromatic rings. The van der Waals surface area contributed by atoms with Crippen molar-refractivity contribution in [1.82, 2.24) is 0 Å². The molecule has 0 fully saturated rings. The van der Waals surface area contributed by atoms with E-state index in [2.05, 4.69) is 38.7 Å². The molecule has 21 heavy (non-hydrogen) atoms. The van der Waals surface area contributed by atoms with Gasteiger partial charge in [0.05, 0.1) is 6.26 Å². The third-order valence-electron chi connectivity index (χ3n) is 2.79. The Hall–Kier alpha value is -1.09. The van der Waals surface area contributed by atoms with E-state index in [1.165, 1.54) is 6.42 Å². The molecular formula is C18H24OSiTi. The van der Waals surface area contributed by atoms with Crippen LogP contribution < -0.4 is 4.74 Å². The Balaban J connectivity index is 0.000000211. The molecular weight excluding hydrogens is 308 g/mol. The van der Waals surface area contributed by atoms with Gasteiger partial charge >= 0.3 is 73.1 Å². The van der Waals surface area contributed by atoms with E-state index in [1.54, 1.807) is 24.0 Å². The molecule has 2 rings (SSSR count). The predicted molar refractivity (Wildman–Crippen MR) is 91.7 cm³/mol. The van der Waals surface area contributed by atoms with E-state index in [-0.39, 0.29) is 6.66 Å². The Morgan fingerprint density at radius 3 is 2.48 bits per heavy atom. The molecule has 0 N–H and O–H groups in total. The van der Waals surface area contributed by atoms with Gasteiger partial charge in [-0.25, -0.2) is 0 Å². The number of benzene rings is 1. The molecule has 1 nitrogen and oxygen atoms in total. The first kappa shape index (κ1) is 18.0. The van der Waals surface area contributed by atoms with Crippen LogP contribution in [0.1, 0.15) is 13.3 Å². The van der Waals surface area contributed by atoms with E-state index in [4.69, 9.17) is 4.74 Å². The number of ether oxygens (including phenoxy) is 1. The molecule has 0 aliphatic heterocycles. The summed E-state index contributed by atoms with van der Waals surface area (Å²) < 4.78 is 7.02. The van der Waals surface area contributed by atoms with E-state index >= 15 is 0 Å². The normalized spacial score (nSPS) is 13.3. The van der Waals surface area contributed by atoms with Gasteiger partial charge in [-0.3, -0.25) is 0 Å². The number of rotatable bonds is 5. The van der Waals surface area contributed by atoms with Gasteiger partial charge in [-0.1, -0.05) is 30.9 Å². The van der Waals surface area contributed by atoms with Crippen LogP contribution in [-0.2, 0) is 18.4 Å². The maximum absolute atomic E-state index is 5.19. The fourth-order valence-electron chi connectivity index (χ4n) is 1.81. The second kappa shape index (κ2) is 10.6. The Bertz CT molecular complexity index is 515. The molecule has 0 amide bonds. The fraction of sp³-hybridized carbons (Fsp3) is 0.222. The maximum atomic E-state index is 5.19. The summed E-state index contributed by atoms with van der Waals surface area (Å²) in [6.45, 7) is 10.5.